The first-order valence-electron chi connectivity index (χ1n) is 7.03. The molecule has 4 nitrogen and oxygen atoms in total. The monoisotopic (exact) mass is 282 g/mol. The third kappa shape index (κ3) is 3.84. The first-order valence-corrected chi connectivity index (χ1v) is 7.03. The topological polar surface area (TPSA) is 33.7 Å². The molecule has 1 aliphatic rings. The van der Waals surface area contributed by atoms with Gasteiger partial charge < -0.3 is 14.8 Å². The lowest BCUT2D eigenvalue weighted by Crippen LogP contribution is -2.48. The third-order valence-electron chi connectivity index (χ3n) is 3.59. The van der Waals surface area contributed by atoms with Gasteiger partial charge >= 0.3 is 0 Å². The van der Waals surface area contributed by atoms with E-state index in [9.17, 15) is 4.39 Å². The molecular formula is C15H23FN2O2. The van der Waals surface area contributed by atoms with Crippen LogP contribution in [-0.2, 0) is 4.74 Å². The summed E-state index contributed by atoms with van der Waals surface area (Å²) >= 11 is 0. The van der Waals surface area contributed by atoms with Gasteiger partial charge in [0.2, 0.25) is 0 Å². The molecular weight excluding hydrogens is 259 g/mol. The highest BCUT2D eigenvalue weighted by atomic mass is 19.1. The Bertz CT molecular complexity index is 440. The van der Waals surface area contributed by atoms with Gasteiger partial charge in [-0.25, -0.2) is 4.39 Å². The van der Waals surface area contributed by atoms with Crippen molar-refractivity contribution in [1.29, 1.82) is 0 Å². The van der Waals surface area contributed by atoms with Crippen LogP contribution < -0.4 is 10.1 Å². The Morgan fingerprint density at radius 1 is 1.50 bits per heavy atom. The van der Waals surface area contributed by atoms with Gasteiger partial charge in [-0.3, -0.25) is 4.90 Å². The molecule has 2 rings (SSSR count). The Labute approximate surface area is 119 Å². The minimum Gasteiger partial charge on any atom is -0.494 e. The maximum absolute atomic E-state index is 13.3. The molecule has 1 N–H and O–H groups in total. The number of ether oxygens (including phenoxy) is 2. The molecule has 1 aromatic carbocycles. The van der Waals surface area contributed by atoms with Crippen LogP contribution in [0.1, 0.15) is 13.8 Å². The average molecular weight is 282 g/mol. The Hall–Kier alpha value is -1.33. The van der Waals surface area contributed by atoms with E-state index in [4.69, 9.17) is 9.47 Å². The molecule has 1 unspecified atom stereocenters. The molecule has 112 valence electrons. The number of nitrogens with zero attached hydrogens (tertiary/aromatic N) is 1. The van der Waals surface area contributed by atoms with Crippen molar-refractivity contribution in [2.75, 3.05) is 38.7 Å². The number of benzene rings is 1. The van der Waals surface area contributed by atoms with Crippen LogP contribution in [0.3, 0.4) is 0 Å². The maximum Gasteiger partial charge on any atom is 0.165 e. The summed E-state index contributed by atoms with van der Waals surface area (Å²) in [7, 11) is 1.47. The summed E-state index contributed by atoms with van der Waals surface area (Å²) in [5.74, 6) is -0.0960. The van der Waals surface area contributed by atoms with Gasteiger partial charge in [0.25, 0.3) is 0 Å². The second-order valence-corrected chi connectivity index (χ2v) is 5.31. The van der Waals surface area contributed by atoms with Gasteiger partial charge in [-0.2, -0.15) is 0 Å². The van der Waals surface area contributed by atoms with Crippen molar-refractivity contribution in [3.05, 3.63) is 24.0 Å². The lowest BCUT2D eigenvalue weighted by atomic mass is 10.2. The zero-order valence-electron chi connectivity index (χ0n) is 12.4. The fraction of sp³-hybridized carbons (Fsp3) is 0.600. The van der Waals surface area contributed by atoms with Crippen molar-refractivity contribution in [3.63, 3.8) is 0 Å². The van der Waals surface area contributed by atoms with E-state index >= 15 is 0 Å². The van der Waals surface area contributed by atoms with E-state index in [0.717, 1.165) is 25.4 Å². The van der Waals surface area contributed by atoms with Crippen molar-refractivity contribution in [2.24, 2.45) is 0 Å². The number of hydrogen-bond acceptors (Lipinski definition) is 4. The number of anilines is 1. The largest absolute Gasteiger partial charge is 0.494 e. The highest BCUT2D eigenvalue weighted by Crippen LogP contribution is 2.21. The summed E-state index contributed by atoms with van der Waals surface area (Å²) in [5.41, 5.74) is 0.841. The van der Waals surface area contributed by atoms with Crippen LogP contribution in [0.5, 0.6) is 5.75 Å². The fourth-order valence-electron chi connectivity index (χ4n) is 2.34. The molecule has 1 saturated heterocycles. The Kier molecular flexibility index (Phi) is 5.20. The average Bonchev–Trinajstić information content (AvgIpc) is 2.46. The van der Waals surface area contributed by atoms with Crippen LogP contribution in [0.4, 0.5) is 10.1 Å². The molecule has 0 bridgehead atoms. The standard InChI is InChI=1S/C15H23FN2O2/c1-11(2)18-6-7-20-13(10-18)9-17-12-4-5-14(16)15(8-12)19-3/h4-5,8,11,13,17H,6-7,9-10H2,1-3H3. The normalized spacial score (nSPS) is 20.1. The second-order valence-electron chi connectivity index (χ2n) is 5.31. The van der Waals surface area contributed by atoms with Crippen molar-refractivity contribution in [1.82, 2.24) is 4.90 Å². The Morgan fingerprint density at radius 3 is 3.00 bits per heavy atom. The first-order chi connectivity index (χ1) is 9.60. The zero-order chi connectivity index (χ0) is 14.5. The van der Waals surface area contributed by atoms with Gasteiger partial charge in [0.05, 0.1) is 19.8 Å². The molecule has 0 amide bonds. The van der Waals surface area contributed by atoms with Gasteiger partial charge in [0, 0.05) is 37.4 Å². The van der Waals surface area contributed by atoms with E-state index in [-0.39, 0.29) is 17.7 Å². The van der Waals surface area contributed by atoms with Gasteiger partial charge in [0.15, 0.2) is 11.6 Å². The molecule has 0 saturated carbocycles. The predicted molar refractivity (Wildman–Crippen MR) is 77.9 cm³/mol. The molecule has 1 fully saturated rings. The SMILES string of the molecule is COc1cc(NCC2CN(C(C)C)CCO2)ccc1F. The van der Waals surface area contributed by atoms with Crippen molar-refractivity contribution in [3.8, 4) is 5.75 Å². The molecule has 1 heterocycles. The van der Waals surface area contributed by atoms with Crippen molar-refractivity contribution < 1.29 is 13.9 Å². The van der Waals surface area contributed by atoms with Crippen LogP contribution >= 0.6 is 0 Å². The van der Waals surface area contributed by atoms with Crippen LogP contribution in [0.15, 0.2) is 18.2 Å². The molecule has 1 atom stereocenters. The molecule has 0 radical (unpaired) electrons. The van der Waals surface area contributed by atoms with Crippen molar-refractivity contribution in [2.45, 2.75) is 26.0 Å². The lowest BCUT2D eigenvalue weighted by Gasteiger charge is -2.35. The Balaban J connectivity index is 1.88. The van der Waals surface area contributed by atoms with Gasteiger partial charge in [0.1, 0.15) is 0 Å². The summed E-state index contributed by atoms with van der Waals surface area (Å²) in [6.07, 6.45) is 0.155. The predicted octanol–water partition coefficient (Wildman–Crippen LogP) is 2.36. The molecule has 5 heteroatoms. The highest BCUT2D eigenvalue weighted by Gasteiger charge is 2.21. The van der Waals surface area contributed by atoms with Crippen LogP contribution in [0, 0.1) is 5.82 Å². The highest BCUT2D eigenvalue weighted by molar-refractivity contribution is 5.48. The van der Waals surface area contributed by atoms with Gasteiger partial charge in [-0.1, -0.05) is 0 Å². The lowest BCUT2D eigenvalue weighted by molar-refractivity contribution is -0.0315. The van der Waals surface area contributed by atoms with Crippen LogP contribution in [0.2, 0.25) is 0 Å². The van der Waals surface area contributed by atoms with Gasteiger partial charge in [-0.15, -0.1) is 0 Å². The molecule has 20 heavy (non-hydrogen) atoms. The zero-order valence-corrected chi connectivity index (χ0v) is 12.4. The summed E-state index contributed by atoms with van der Waals surface area (Å²) in [4.78, 5) is 2.40. The molecule has 0 aliphatic carbocycles. The summed E-state index contributed by atoms with van der Waals surface area (Å²) in [6, 6.07) is 5.31. The van der Waals surface area contributed by atoms with Gasteiger partial charge in [-0.05, 0) is 26.0 Å². The van der Waals surface area contributed by atoms with Crippen LogP contribution in [-0.4, -0.2) is 50.4 Å². The molecule has 1 aromatic rings. The summed E-state index contributed by atoms with van der Waals surface area (Å²) in [6.45, 7) is 7.76. The second kappa shape index (κ2) is 6.90. The summed E-state index contributed by atoms with van der Waals surface area (Å²) < 4.78 is 24.0. The van der Waals surface area contributed by atoms with E-state index < -0.39 is 0 Å². The number of rotatable bonds is 5. The number of halogens is 1. The minimum absolute atomic E-state index is 0.155. The van der Waals surface area contributed by atoms with E-state index in [1.54, 1.807) is 12.1 Å². The first kappa shape index (κ1) is 15.1. The molecule has 0 aromatic heterocycles. The molecule has 0 spiro atoms. The van der Waals surface area contributed by atoms with E-state index in [1.165, 1.54) is 13.2 Å². The number of morpholine rings is 1. The van der Waals surface area contributed by atoms with E-state index in [0.29, 0.717) is 12.6 Å². The maximum atomic E-state index is 13.3. The van der Waals surface area contributed by atoms with Crippen molar-refractivity contribution >= 4 is 5.69 Å². The summed E-state index contributed by atoms with van der Waals surface area (Å²) in [5, 5.41) is 3.28. The quantitative estimate of drug-likeness (QED) is 0.899. The van der Waals surface area contributed by atoms with Crippen LogP contribution in [0.25, 0.3) is 0 Å². The number of hydrogen-bond donors (Lipinski definition) is 1. The smallest absolute Gasteiger partial charge is 0.165 e. The minimum atomic E-state index is -0.349. The van der Waals surface area contributed by atoms with E-state index in [2.05, 4.69) is 24.1 Å². The van der Waals surface area contributed by atoms with E-state index in [1.807, 2.05) is 0 Å². The number of nitrogens with one attached hydrogen (secondary N) is 1. The fourth-order valence-corrected chi connectivity index (χ4v) is 2.34. The molecule has 1 aliphatic heterocycles. The number of methoxy groups -OCH3 is 1. The Morgan fingerprint density at radius 2 is 2.30 bits per heavy atom. The third-order valence-corrected chi connectivity index (χ3v) is 3.59.